The third-order valence-electron chi connectivity index (χ3n) is 5.14. The van der Waals surface area contributed by atoms with Gasteiger partial charge in [0.2, 0.25) is 5.95 Å². The van der Waals surface area contributed by atoms with Crippen molar-refractivity contribution in [3.05, 3.63) is 107 Å². The van der Waals surface area contributed by atoms with Crippen LogP contribution in [0.15, 0.2) is 79.0 Å². The Morgan fingerprint density at radius 1 is 0.844 bits per heavy atom. The van der Waals surface area contributed by atoms with Gasteiger partial charge in [-0.2, -0.15) is 10.5 Å². The van der Waals surface area contributed by atoms with Gasteiger partial charge in [0.05, 0.1) is 29.0 Å². The van der Waals surface area contributed by atoms with E-state index in [1.54, 1.807) is 48.7 Å². The van der Waals surface area contributed by atoms with Crippen LogP contribution in [0.25, 0.3) is 11.1 Å². The highest BCUT2D eigenvalue weighted by Crippen LogP contribution is 2.29. The molecule has 1 atom stereocenters. The van der Waals surface area contributed by atoms with E-state index in [9.17, 15) is 5.11 Å². The van der Waals surface area contributed by atoms with Crippen molar-refractivity contribution < 1.29 is 5.11 Å². The lowest BCUT2D eigenvalue weighted by Crippen LogP contribution is -2.07. The van der Waals surface area contributed by atoms with Crippen molar-refractivity contribution in [3.63, 3.8) is 0 Å². The predicted molar refractivity (Wildman–Crippen MR) is 122 cm³/mol. The average molecular weight is 417 g/mol. The molecule has 0 saturated heterocycles. The summed E-state index contributed by atoms with van der Waals surface area (Å²) in [7, 11) is 0. The average Bonchev–Trinajstić information content (AvgIpc) is 2.84. The number of rotatable bonds is 5. The molecule has 0 unspecified atom stereocenters. The van der Waals surface area contributed by atoms with Gasteiger partial charge >= 0.3 is 0 Å². The van der Waals surface area contributed by atoms with E-state index < -0.39 is 6.10 Å². The molecule has 0 aliphatic rings. The second-order valence-electron chi connectivity index (χ2n) is 7.28. The first-order chi connectivity index (χ1) is 15.6. The van der Waals surface area contributed by atoms with Crippen molar-refractivity contribution in [3.8, 4) is 23.3 Å². The van der Waals surface area contributed by atoms with E-state index in [4.69, 9.17) is 10.5 Å². The Morgan fingerprint density at radius 3 is 2.09 bits per heavy atom. The molecular formula is C26H19N5O. The molecule has 0 saturated carbocycles. The van der Waals surface area contributed by atoms with Crippen LogP contribution in [0.5, 0.6) is 0 Å². The predicted octanol–water partition coefficient (Wildman–Crippen LogP) is 5.02. The lowest BCUT2D eigenvalue weighted by molar-refractivity contribution is 0.214. The van der Waals surface area contributed by atoms with Gasteiger partial charge in [-0.05, 0) is 71.6 Å². The number of aromatic nitrogens is 2. The van der Waals surface area contributed by atoms with Gasteiger partial charge in [0, 0.05) is 11.9 Å². The third-order valence-corrected chi connectivity index (χ3v) is 5.14. The molecule has 3 aromatic carbocycles. The van der Waals surface area contributed by atoms with Gasteiger partial charge in [0.15, 0.2) is 0 Å². The van der Waals surface area contributed by atoms with Crippen molar-refractivity contribution >= 4 is 11.6 Å². The number of nitriles is 2. The van der Waals surface area contributed by atoms with E-state index in [0.29, 0.717) is 22.8 Å². The van der Waals surface area contributed by atoms with Crippen molar-refractivity contribution in [1.29, 1.82) is 10.5 Å². The monoisotopic (exact) mass is 417 g/mol. The fourth-order valence-electron chi connectivity index (χ4n) is 3.40. The van der Waals surface area contributed by atoms with Gasteiger partial charge in [0.1, 0.15) is 6.10 Å². The Labute approximate surface area is 186 Å². The summed E-state index contributed by atoms with van der Waals surface area (Å²) >= 11 is 0. The normalized spacial score (nSPS) is 11.2. The van der Waals surface area contributed by atoms with Gasteiger partial charge in [-0.1, -0.05) is 30.3 Å². The van der Waals surface area contributed by atoms with Crippen LogP contribution in [0.4, 0.5) is 11.6 Å². The van der Waals surface area contributed by atoms with E-state index in [2.05, 4.69) is 27.4 Å². The van der Waals surface area contributed by atoms with E-state index >= 15 is 0 Å². The zero-order chi connectivity index (χ0) is 22.5. The maximum Gasteiger partial charge on any atom is 0.227 e. The van der Waals surface area contributed by atoms with Crippen molar-refractivity contribution in [2.24, 2.45) is 0 Å². The minimum atomic E-state index is -0.908. The zero-order valence-electron chi connectivity index (χ0n) is 17.3. The molecule has 2 N–H and O–H groups in total. The van der Waals surface area contributed by atoms with Gasteiger partial charge in [0.25, 0.3) is 0 Å². The van der Waals surface area contributed by atoms with Crippen LogP contribution in [-0.4, -0.2) is 15.1 Å². The molecule has 0 bridgehead atoms. The highest BCUT2D eigenvalue weighted by atomic mass is 16.3. The maximum atomic E-state index is 11.0. The molecule has 1 heterocycles. The lowest BCUT2D eigenvalue weighted by Gasteiger charge is -2.15. The minimum Gasteiger partial charge on any atom is -0.382 e. The number of hydrogen-bond acceptors (Lipinski definition) is 6. The molecule has 4 aromatic rings. The summed E-state index contributed by atoms with van der Waals surface area (Å²) in [5, 5.41) is 31.9. The number of hydrogen-bond donors (Lipinski definition) is 2. The zero-order valence-corrected chi connectivity index (χ0v) is 17.3. The van der Waals surface area contributed by atoms with Crippen LogP contribution in [0.3, 0.4) is 0 Å². The second-order valence-corrected chi connectivity index (χ2v) is 7.28. The topological polar surface area (TPSA) is 106 Å². The van der Waals surface area contributed by atoms with E-state index in [1.165, 1.54) is 0 Å². The second kappa shape index (κ2) is 9.09. The fourth-order valence-corrected chi connectivity index (χ4v) is 3.40. The number of aryl methyl sites for hydroxylation is 1. The molecule has 154 valence electrons. The summed E-state index contributed by atoms with van der Waals surface area (Å²) in [4.78, 5) is 8.68. The first-order valence-corrected chi connectivity index (χ1v) is 9.96. The first-order valence-electron chi connectivity index (χ1n) is 9.96. The van der Waals surface area contributed by atoms with Gasteiger partial charge < -0.3 is 10.4 Å². The number of nitrogens with zero attached hydrogens (tertiary/aromatic N) is 4. The van der Waals surface area contributed by atoms with Gasteiger partial charge in [-0.15, -0.1) is 0 Å². The van der Waals surface area contributed by atoms with Crippen LogP contribution in [0.1, 0.15) is 34.1 Å². The molecule has 6 nitrogen and oxygen atoms in total. The summed E-state index contributed by atoms with van der Waals surface area (Å²) in [6.45, 7) is 1.95. The van der Waals surface area contributed by atoms with Crippen molar-refractivity contribution in [2.75, 3.05) is 5.32 Å². The Bertz CT molecular complexity index is 1330. The molecule has 0 spiro atoms. The number of anilines is 2. The molecule has 6 heteroatoms. The van der Waals surface area contributed by atoms with Crippen LogP contribution in [-0.2, 0) is 0 Å². The summed E-state index contributed by atoms with van der Waals surface area (Å²) in [6, 6.07) is 26.1. The molecule has 0 aliphatic heterocycles. The van der Waals surface area contributed by atoms with Crippen molar-refractivity contribution in [2.45, 2.75) is 13.0 Å². The summed E-state index contributed by atoms with van der Waals surface area (Å²) in [6.07, 6.45) is 0.687. The molecule has 0 radical (unpaired) electrons. The highest BCUT2D eigenvalue weighted by molar-refractivity contribution is 5.66. The van der Waals surface area contributed by atoms with Crippen LogP contribution < -0.4 is 5.32 Å². The quantitative estimate of drug-likeness (QED) is 0.472. The number of nitrogens with one attached hydrogen (secondary N) is 1. The van der Waals surface area contributed by atoms with Crippen LogP contribution in [0, 0.1) is 29.6 Å². The van der Waals surface area contributed by atoms with E-state index in [1.807, 2.05) is 37.3 Å². The molecule has 32 heavy (non-hydrogen) atoms. The Morgan fingerprint density at radius 2 is 1.47 bits per heavy atom. The standard InChI is InChI=1S/C26H19N5O/c1-17-14-21(20-6-2-18(15-27)3-7-20)8-11-23(17)25(32)24-12-13-29-26(31-24)30-22-9-4-19(16-28)5-10-22/h2-14,25,32H,1H3,(H,29,30,31)/t25-/m0/s1. The summed E-state index contributed by atoms with van der Waals surface area (Å²) < 4.78 is 0. The van der Waals surface area contributed by atoms with Crippen LogP contribution in [0.2, 0.25) is 0 Å². The molecule has 0 amide bonds. The van der Waals surface area contributed by atoms with Crippen LogP contribution >= 0.6 is 0 Å². The minimum absolute atomic E-state index is 0.359. The van der Waals surface area contributed by atoms with Gasteiger partial charge in [-0.25, -0.2) is 9.97 Å². The third kappa shape index (κ3) is 4.46. The molecular weight excluding hydrogens is 398 g/mol. The Hall–Kier alpha value is -4.52. The SMILES string of the molecule is Cc1cc(-c2ccc(C#N)cc2)ccc1[C@H](O)c1ccnc(Nc2ccc(C#N)cc2)n1. The Kier molecular flexibility index (Phi) is 5.89. The lowest BCUT2D eigenvalue weighted by atomic mass is 9.95. The molecule has 0 fully saturated rings. The first kappa shape index (κ1) is 20.7. The highest BCUT2D eigenvalue weighted by Gasteiger charge is 2.16. The number of aliphatic hydroxyl groups excluding tert-OH is 1. The van der Waals surface area contributed by atoms with Crippen molar-refractivity contribution in [1.82, 2.24) is 9.97 Å². The molecule has 0 aliphatic carbocycles. The smallest absolute Gasteiger partial charge is 0.227 e. The van der Waals surface area contributed by atoms with E-state index in [0.717, 1.165) is 27.9 Å². The fraction of sp³-hybridized carbons (Fsp3) is 0.0769. The Balaban J connectivity index is 1.55. The van der Waals surface area contributed by atoms with Gasteiger partial charge in [-0.3, -0.25) is 0 Å². The summed E-state index contributed by atoms with van der Waals surface area (Å²) in [5.41, 5.74) is 6.11. The maximum absolute atomic E-state index is 11.0. The molecule has 1 aromatic heterocycles. The largest absolute Gasteiger partial charge is 0.382 e. The summed E-state index contributed by atoms with van der Waals surface area (Å²) in [5.74, 6) is 0.359. The van der Waals surface area contributed by atoms with E-state index in [-0.39, 0.29) is 0 Å². The number of benzene rings is 3. The molecule has 4 rings (SSSR count). The number of aliphatic hydroxyl groups is 1.